The van der Waals surface area contributed by atoms with E-state index in [0.717, 1.165) is 28.2 Å². The van der Waals surface area contributed by atoms with Crippen LogP contribution in [-0.2, 0) is 22.4 Å². The SMILES string of the molecule is C#CC(=O)N1CC=C(c2ccc(CC(=O)Cc3cc(C4CC4)n[nH]3)cn2)C1. The molecule has 6 heteroatoms. The number of H-pyrrole nitrogens is 1. The van der Waals surface area contributed by atoms with Crippen molar-refractivity contribution in [1.29, 1.82) is 0 Å². The van der Waals surface area contributed by atoms with Gasteiger partial charge in [0.05, 0.1) is 11.4 Å². The summed E-state index contributed by atoms with van der Waals surface area (Å²) >= 11 is 0. The van der Waals surface area contributed by atoms with E-state index in [1.54, 1.807) is 11.1 Å². The number of carbonyl (C=O) groups is 2. The van der Waals surface area contributed by atoms with Gasteiger partial charge in [-0.2, -0.15) is 5.10 Å². The molecule has 0 aromatic carbocycles. The van der Waals surface area contributed by atoms with Gasteiger partial charge in [0.2, 0.25) is 0 Å². The van der Waals surface area contributed by atoms with Crippen molar-refractivity contribution in [2.75, 3.05) is 13.1 Å². The lowest BCUT2D eigenvalue weighted by Gasteiger charge is -2.12. The average molecular weight is 360 g/mol. The number of nitrogens with zero attached hydrogens (tertiary/aromatic N) is 3. The Morgan fingerprint density at radius 3 is 2.85 bits per heavy atom. The van der Waals surface area contributed by atoms with E-state index in [1.807, 2.05) is 24.3 Å². The zero-order chi connectivity index (χ0) is 18.8. The van der Waals surface area contributed by atoms with Crippen molar-refractivity contribution in [2.45, 2.75) is 31.6 Å². The van der Waals surface area contributed by atoms with E-state index in [0.29, 0.717) is 31.8 Å². The second-order valence-corrected chi connectivity index (χ2v) is 7.10. The molecule has 0 bridgehead atoms. The van der Waals surface area contributed by atoms with Gasteiger partial charge in [-0.05, 0) is 42.0 Å². The Labute approximate surface area is 157 Å². The fraction of sp³-hybridized carbons (Fsp3) is 0.333. The lowest BCUT2D eigenvalue weighted by atomic mass is 10.1. The van der Waals surface area contributed by atoms with Crippen LogP contribution in [0.3, 0.4) is 0 Å². The second-order valence-electron chi connectivity index (χ2n) is 7.10. The van der Waals surface area contributed by atoms with Crippen molar-refractivity contribution in [1.82, 2.24) is 20.1 Å². The Morgan fingerprint density at radius 2 is 2.15 bits per heavy atom. The van der Waals surface area contributed by atoms with Crippen LogP contribution in [0.5, 0.6) is 0 Å². The molecule has 1 N–H and O–H groups in total. The van der Waals surface area contributed by atoms with Crippen molar-refractivity contribution in [3.63, 3.8) is 0 Å². The number of carbonyl (C=O) groups excluding carboxylic acids is 2. The summed E-state index contributed by atoms with van der Waals surface area (Å²) in [5.41, 5.74) is 4.61. The molecular weight excluding hydrogens is 340 g/mol. The molecular formula is C21H20N4O2. The molecule has 6 nitrogen and oxygen atoms in total. The lowest BCUT2D eigenvalue weighted by Crippen LogP contribution is -2.27. The van der Waals surface area contributed by atoms with Crippen molar-refractivity contribution >= 4 is 17.3 Å². The smallest absolute Gasteiger partial charge is 0.298 e. The quantitative estimate of drug-likeness (QED) is 0.798. The number of Topliss-reactive ketones (excluding diaryl/α,β-unsaturated/α-hetero) is 1. The van der Waals surface area contributed by atoms with E-state index in [9.17, 15) is 9.59 Å². The number of nitrogens with one attached hydrogen (secondary N) is 1. The molecule has 1 saturated carbocycles. The highest BCUT2D eigenvalue weighted by Crippen LogP contribution is 2.39. The first-order valence-electron chi connectivity index (χ1n) is 9.08. The lowest BCUT2D eigenvalue weighted by molar-refractivity contribution is -0.123. The fourth-order valence-corrected chi connectivity index (χ4v) is 3.27. The Hall–Kier alpha value is -3.20. The highest BCUT2D eigenvalue weighted by Gasteiger charge is 2.26. The molecule has 2 aromatic heterocycles. The maximum absolute atomic E-state index is 12.3. The Morgan fingerprint density at radius 1 is 1.30 bits per heavy atom. The summed E-state index contributed by atoms with van der Waals surface area (Å²) in [6.45, 7) is 0.977. The van der Waals surface area contributed by atoms with E-state index >= 15 is 0 Å². The summed E-state index contributed by atoms with van der Waals surface area (Å²) in [6.07, 6.45) is 11.9. The summed E-state index contributed by atoms with van der Waals surface area (Å²) in [4.78, 5) is 29.9. The van der Waals surface area contributed by atoms with Gasteiger partial charge in [0.15, 0.2) is 0 Å². The summed E-state index contributed by atoms with van der Waals surface area (Å²) < 4.78 is 0. The molecule has 3 heterocycles. The van der Waals surface area contributed by atoms with Crippen LogP contribution in [0.25, 0.3) is 5.57 Å². The molecule has 1 amide bonds. The summed E-state index contributed by atoms with van der Waals surface area (Å²) in [7, 11) is 0. The molecule has 4 rings (SSSR count). The highest BCUT2D eigenvalue weighted by molar-refractivity contribution is 5.94. The third-order valence-corrected chi connectivity index (χ3v) is 4.92. The van der Waals surface area contributed by atoms with Gasteiger partial charge in [-0.25, -0.2) is 0 Å². The first-order valence-corrected chi connectivity index (χ1v) is 9.08. The Bertz CT molecular complexity index is 945. The van der Waals surface area contributed by atoms with Crippen molar-refractivity contribution < 1.29 is 9.59 Å². The maximum Gasteiger partial charge on any atom is 0.298 e. The third-order valence-electron chi connectivity index (χ3n) is 4.92. The molecule has 0 unspecified atom stereocenters. The van der Waals surface area contributed by atoms with Crippen LogP contribution >= 0.6 is 0 Å². The molecule has 1 aliphatic carbocycles. The number of amides is 1. The number of rotatable bonds is 6. The molecule has 2 aliphatic rings. The van der Waals surface area contributed by atoms with Crippen LogP contribution in [-0.4, -0.2) is 44.9 Å². The van der Waals surface area contributed by atoms with Gasteiger partial charge in [-0.3, -0.25) is 19.7 Å². The van der Waals surface area contributed by atoms with E-state index in [1.165, 1.54) is 12.8 Å². The fourth-order valence-electron chi connectivity index (χ4n) is 3.27. The van der Waals surface area contributed by atoms with Gasteiger partial charge in [-0.1, -0.05) is 12.1 Å². The van der Waals surface area contributed by atoms with Crippen LogP contribution < -0.4 is 0 Å². The van der Waals surface area contributed by atoms with E-state index in [4.69, 9.17) is 6.42 Å². The zero-order valence-corrected chi connectivity index (χ0v) is 14.9. The molecule has 1 fully saturated rings. The molecule has 0 spiro atoms. The van der Waals surface area contributed by atoms with Gasteiger partial charge in [0.1, 0.15) is 5.78 Å². The first-order chi connectivity index (χ1) is 13.1. The van der Waals surface area contributed by atoms with Crippen molar-refractivity contribution in [2.24, 2.45) is 0 Å². The standard InChI is InChI=1S/C21H20N4O2/c1-2-21(27)25-8-7-16(13-25)19-6-3-14(12-22-19)9-18(26)10-17-11-20(24-23-17)15-4-5-15/h1,3,6-7,11-12,15H,4-5,8-10,13H2,(H,23,24). The number of terminal acetylenes is 1. The molecule has 0 saturated heterocycles. The molecule has 27 heavy (non-hydrogen) atoms. The minimum atomic E-state index is -0.313. The number of pyridine rings is 1. The molecule has 0 radical (unpaired) electrons. The molecule has 1 aliphatic heterocycles. The predicted octanol–water partition coefficient (Wildman–Crippen LogP) is 1.90. The zero-order valence-electron chi connectivity index (χ0n) is 14.9. The van der Waals surface area contributed by atoms with Crippen LogP contribution in [0.15, 0.2) is 30.5 Å². The van der Waals surface area contributed by atoms with Crippen LogP contribution in [0.4, 0.5) is 0 Å². The first kappa shape index (κ1) is 17.2. The van der Waals surface area contributed by atoms with E-state index in [-0.39, 0.29) is 11.7 Å². The second kappa shape index (κ2) is 7.20. The largest absolute Gasteiger partial charge is 0.324 e. The van der Waals surface area contributed by atoms with E-state index in [2.05, 4.69) is 21.1 Å². The van der Waals surface area contributed by atoms with Gasteiger partial charge in [0.25, 0.3) is 5.91 Å². The number of hydrogen-bond acceptors (Lipinski definition) is 4. The molecule has 0 atom stereocenters. The van der Waals surface area contributed by atoms with Crippen molar-refractivity contribution in [3.8, 4) is 12.3 Å². The predicted molar refractivity (Wildman–Crippen MR) is 101 cm³/mol. The maximum atomic E-state index is 12.3. The monoisotopic (exact) mass is 360 g/mol. The highest BCUT2D eigenvalue weighted by atomic mass is 16.2. The van der Waals surface area contributed by atoms with E-state index < -0.39 is 0 Å². The summed E-state index contributed by atoms with van der Waals surface area (Å²) in [6, 6.07) is 5.81. The third kappa shape index (κ3) is 3.98. The Kier molecular flexibility index (Phi) is 4.59. The summed E-state index contributed by atoms with van der Waals surface area (Å²) in [5.74, 6) is 2.52. The van der Waals surface area contributed by atoms with Gasteiger partial charge in [0, 0.05) is 43.7 Å². The number of hydrogen-bond donors (Lipinski definition) is 1. The average Bonchev–Trinajstić information content (AvgIpc) is 3.22. The van der Waals surface area contributed by atoms with Crippen LogP contribution in [0.1, 0.15) is 41.4 Å². The number of aromatic amines is 1. The van der Waals surface area contributed by atoms with Gasteiger partial charge in [-0.15, -0.1) is 6.42 Å². The van der Waals surface area contributed by atoms with Crippen molar-refractivity contribution in [3.05, 3.63) is 53.1 Å². The number of ketones is 1. The number of aromatic nitrogens is 3. The minimum Gasteiger partial charge on any atom is -0.324 e. The van der Waals surface area contributed by atoms with Gasteiger partial charge >= 0.3 is 0 Å². The normalized spacial score (nSPS) is 16.1. The van der Waals surface area contributed by atoms with Crippen LogP contribution in [0, 0.1) is 12.3 Å². The van der Waals surface area contributed by atoms with Crippen LogP contribution in [0.2, 0.25) is 0 Å². The Balaban J connectivity index is 1.33. The topological polar surface area (TPSA) is 79.0 Å². The minimum absolute atomic E-state index is 0.126. The summed E-state index contributed by atoms with van der Waals surface area (Å²) in [5, 5.41) is 7.25. The molecule has 2 aromatic rings. The van der Waals surface area contributed by atoms with Gasteiger partial charge < -0.3 is 4.90 Å². The molecule has 136 valence electrons.